The van der Waals surface area contributed by atoms with Crippen LogP contribution < -0.4 is 5.32 Å². The zero-order valence-electron chi connectivity index (χ0n) is 15.9. The molecule has 1 atom stereocenters. The number of carbonyl (C=O) groups excluding carboxylic acids is 2. The van der Waals surface area contributed by atoms with Crippen molar-refractivity contribution in [3.8, 4) is 0 Å². The third kappa shape index (κ3) is 5.17. The van der Waals surface area contributed by atoms with Gasteiger partial charge in [0.2, 0.25) is 5.91 Å². The summed E-state index contributed by atoms with van der Waals surface area (Å²) in [4.78, 5) is 26.8. The second-order valence-electron chi connectivity index (χ2n) is 7.17. The van der Waals surface area contributed by atoms with Gasteiger partial charge in [-0.2, -0.15) is 0 Å². The van der Waals surface area contributed by atoms with Gasteiger partial charge in [0, 0.05) is 18.8 Å². The van der Waals surface area contributed by atoms with Crippen LogP contribution in [0.15, 0.2) is 54.6 Å². The molecule has 5 nitrogen and oxygen atoms in total. The quantitative estimate of drug-likeness (QED) is 0.794. The fraction of sp³-hybridized carbons (Fsp3) is 0.364. The number of nitrogens with one attached hydrogen (secondary N) is 1. The maximum Gasteiger partial charge on any atom is 0.323 e. The highest BCUT2D eigenvalue weighted by Gasteiger charge is 2.33. The Morgan fingerprint density at radius 1 is 1.15 bits per heavy atom. The Morgan fingerprint density at radius 3 is 2.52 bits per heavy atom. The Kier molecular flexibility index (Phi) is 6.24. The van der Waals surface area contributed by atoms with Crippen molar-refractivity contribution in [1.82, 2.24) is 4.90 Å². The number of anilines is 1. The first-order valence-corrected chi connectivity index (χ1v) is 9.37. The minimum absolute atomic E-state index is 0.0810. The van der Waals surface area contributed by atoms with E-state index < -0.39 is 6.04 Å². The van der Waals surface area contributed by atoms with Crippen LogP contribution in [0.1, 0.15) is 37.3 Å². The number of rotatable bonds is 6. The van der Waals surface area contributed by atoms with E-state index in [4.69, 9.17) is 4.74 Å². The summed E-state index contributed by atoms with van der Waals surface area (Å²) in [5.74, 6) is -0.0741. The molecule has 1 amide bonds. The molecule has 0 bridgehead atoms. The van der Waals surface area contributed by atoms with Crippen LogP contribution in [-0.4, -0.2) is 36.0 Å². The van der Waals surface area contributed by atoms with Crippen LogP contribution in [0, 0.1) is 0 Å². The third-order valence-corrected chi connectivity index (χ3v) is 4.80. The predicted molar refractivity (Wildman–Crippen MR) is 105 cm³/mol. The molecule has 1 heterocycles. The van der Waals surface area contributed by atoms with Crippen molar-refractivity contribution in [2.45, 2.75) is 38.8 Å². The molecule has 3 rings (SSSR count). The second-order valence-corrected chi connectivity index (χ2v) is 7.17. The van der Waals surface area contributed by atoms with Crippen LogP contribution in [0.3, 0.4) is 0 Å². The third-order valence-electron chi connectivity index (χ3n) is 4.80. The van der Waals surface area contributed by atoms with Crippen LogP contribution in [0.25, 0.3) is 0 Å². The first-order valence-electron chi connectivity index (χ1n) is 9.37. The van der Waals surface area contributed by atoms with E-state index >= 15 is 0 Å². The van der Waals surface area contributed by atoms with E-state index in [-0.39, 0.29) is 18.3 Å². The number of amides is 1. The topological polar surface area (TPSA) is 58.6 Å². The average molecular weight is 366 g/mol. The lowest BCUT2D eigenvalue weighted by Gasteiger charge is -2.33. The van der Waals surface area contributed by atoms with E-state index in [1.165, 1.54) is 5.56 Å². The van der Waals surface area contributed by atoms with Gasteiger partial charge in [0.15, 0.2) is 0 Å². The summed E-state index contributed by atoms with van der Waals surface area (Å²) in [6.45, 7) is 5.87. The number of esters is 1. The SMILES string of the molecule is CC(C)c1ccc(NC(=O)CC2C(=O)OCCN2Cc2ccccc2)cc1. The number of carbonyl (C=O) groups is 2. The Morgan fingerprint density at radius 2 is 1.85 bits per heavy atom. The molecule has 1 unspecified atom stereocenters. The molecule has 0 aromatic heterocycles. The van der Waals surface area contributed by atoms with Crippen molar-refractivity contribution in [3.63, 3.8) is 0 Å². The lowest BCUT2D eigenvalue weighted by Crippen LogP contribution is -2.49. The monoisotopic (exact) mass is 366 g/mol. The van der Waals surface area contributed by atoms with Crippen LogP contribution >= 0.6 is 0 Å². The Hall–Kier alpha value is -2.66. The normalized spacial score (nSPS) is 17.6. The lowest BCUT2D eigenvalue weighted by atomic mass is 10.0. The minimum atomic E-state index is -0.561. The predicted octanol–water partition coefficient (Wildman–Crippen LogP) is 3.57. The zero-order chi connectivity index (χ0) is 19.2. The molecule has 27 heavy (non-hydrogen) atoms. The Bertz CT molecular complexity index is 772. The largest absolute Gasteiger partial charge is 0.463 e. The summed E-state index contributed by atoms with van der Waals surface area (Å²) in [5.41, 5.74) is 3.07. The molecule has 0 saturated carbocycles. The number of hydrogen-bond acceptors (Lipinski definition) is 4. The van der Waals surface area contributed by atoms with Gasteiger partial charge in [-0.05, 0) is 29.2 Å². The van der Waals surface area contributed by atoms with Gasteiger partial charge >= 0.3 is 5.97 Å². The van der Waals surface area contributed by atoms with Crippen LogP contribution in [0.4, 0.5) is 5.69 Å². The van der Waals surface area contributed by atoms with Gasteiger partial charge in [-0.25, -0.2) is 0 Å². The van der Waals surface area contributed by atoms with Gasteiger partial charge < -0.3 is 10.1 Å². The van der Waals surface area contributed by atoms with Gasteiger partial charge in [0.1, 0.15) is 12.6 Å². The molecule has 2 aromatic rings. The maximum atomic E-state index is 12.5. The fourth-order valence-corrected chi connectivity index (χ4v) is 3.22. The van der Waals surface area contributed by atoms with Crippen molar-refractivity contribution in [2.75, 3.05) is 18.5 Å². The highest BCUT2D eigenvalue weighted by molar-refractivity contribution is 5.94. The van der Waals surface area contributed by atoms with Gasteiger partial charge in [-0.3, -0.25) is 14.5 Å². The lowest BCUT2D eigenvalue weighted by molar-refractivity contribution is -0.159. The summed E-state index contributed by atoms with van der Waals surface area (Å²) >= 11 is 0. The van der Waals surface area contributed by atoms with Crippen LogP contribution in [0.2, 0.25) is 0 Å². The Balaban J connectivity index is 1.63. The number of hydrogen-bond donors (Lipinski definition) is 1. The summed E-state index contributed by atoms with van der Waals surface area (Å²) in [6.07, 6.45) is 0.0810. The summed E-state index contributed by atoms with van der Waals surface area (Å²) < 4.78 is 5.19. The van der Waals surface area contributed by atoms with E-state index in [2.05, 4.69) is 19.2 Å². The Labute approximate surface area is 160 Å². The average Bonchev–Trinajstić information content (AvgIpc) is 2.66. The fourth-order valence-electron chi connectivity index (χ4n) is 3.22. The smallest absolute Gasteiger partial charge is 0.323 e. The van der Waals surface area contributed by atoms with Crippen molar-refractivity contribution in [1.29, 1.82) is 0 Å². The zero-order valence-corrected chi connectivity index (χ0v) is 15.9. The van der Waals surface area contributed by atoms with Gasteiger partial charge in [-0.1, -0.05) is 56.3 Å². The van der Waals surface area contributed by atoms with Gasteiger partial charge in [0.05, 0.1) is 6.42 Å². The molecule has 0 aliphatic carbocycles. The summed E-state index contributed by atoms with van der Waals surface area (Å²) in [5, 5.41) is 2.89. The standard InChI is InChI=1S/C22H26N2O3/c1-16(2)18-8-10-19(11-9-18)23-21(25)14-20-22(26)27-13-12-24(20)15-17-6-4-3-5-7-17/h3-11,16,20H,12-15H2,1-2H3,(H,23,25). The molecule has 1 saturated heterocycles. The number of nitrogens with zero attached hydrogens (tertiary/aromatic N) is 1. The molecular formula is C22H26N2O3. The molecule has 2 aromatic carbocycles. The molecule has 0 spiro atoms. The van der Waals surface area contributed by atoms with Crippen molar-refractivity contribution >= 4 is 17.6 Å². The molecule has 1 N–H and O–H groups in total. The van der Waals surface area contributed by atoms with Gasteiger partial charge in [-0.15, -0.1) is 0 Å². The van der Waals surface area contributed by atoms with E-state index in [0.717, 1.165) is 11.3 Å². The maximum absolute atomic E-state index is 12.5. The van der Waals surface area contributed by atoms with E-state index in [0.29, 0.717) is 25.6 Å². The molecule has 1 aliphatic heterocycles. The van der Waals surface area contributed by atoms with E-state index in [9.17, 15) is 9.59 Å². The summed E-state index contributed by atoms with van der Waals surface area (Å²) in [7, 11) is 0. The van der Waals surface area contributed by atoms with Crippen molar-refractivity contribution in [3.05, 3.63) is 65.7 Å². The number of cyclic esters (lactones) is 1. The molecule has 1 aliphatic rings. The van der Waals surface area contributed by atoms with Crippen LogP contribution in [0.5, 0.6) is 0 Å². The van der Waals surface area contributed by atoms with Crippen LogP contribution in [-0.2, 0) is 20.9 Å². The van der Waals surface area contributed by atoms with Crippen molar-refractivity contribution < 1.29 is 14.3 Å². The summed E-state index contributed by atoms with van der Waals surface area (Å²) in [6, 6.07) is 17.2. The van der Waals surface area contributed by atoms with Gasteiger partial charge in [0.25, 0.3) is 0 Å². The van der Waals surface area contributed by atoms with Crippen molar-refractivity contribution in [2.24, 2.45) is 0 Å². The molecule has 142 valence electrons. The molecule has 1 fully saturated rings. The molecular weight excluding hydrogens is 340 g/mol. The number of benzene rings is 2. The second kappa shape index (κ2) is 8.82. The van der Waals surface area contributed by atoms with E-state index in [1.54, 1.807) is 0 Å². The molecule has 5 heteroatoms. The number of ether oxygens (including phenoxy) is 1. The number of morpholine rings is 1. The highest BCUT2D eigenvalue weighted by Crippen LogP contribution is 2.19. The minimum Gasteiger partial charge on any atom is -0.463 e. The van der Waals surface area contributed by atoms with E-state index in [1.807, 2.05) is 59.5 Å². The first-order chi connectivity index (χ1) is 13.0. The highest BCUT2D eigenvalue weighted by atomic mass is 16.5. The molecule has 0 radical (unpaired) electrons. The first kappa shape index (κ1) is 19.1.